The summed E-state index contributed by atoms with van der Waals surface area (Å²) in [7, 11) is 0. The highest BCUT2D eigenvalue weighted by molar-refractivity contribution is 5.89. The van der Waals surface area contributed by atoms with Gasteiger partial charge in [0.25, 0.3) is 0 Å². The molecular formula is C25H27FN4O2. The van der Waals surface area contributed by atoms with Crippen molar-refractivity contribution in [1.29, 1.82) is 0 Å². The Kier molecular flexibility index (Phi) is 5.66. The van der Waals surface area contributed by atoms with Crippen molar-refractivity contribution in [3.05, 3.63) is 71.7 Å². The lowest BCUT2D eigenvalue weighted by Gasteiger charge is -2.40. The van der Waals surface area contributed by atoms with Gasteiger partial charge in [-0.3, -0.25) is 14.5 Å². The summed E-state index contributed by atoms with van der Waals surface area (Å²) in [5, 5.41) is 1.07. The average Bonchev–Trinajstić information content (AvgIpc) is 3.06. The molecule has 6 nitrogen and oxygen atoms in total. The SMILES string of the molecule is O=C(Cc1c[nH]c2ccccc12)N1CCCN2CCN(Cc3ccc(F)cc3)C(=O)C2C1. The maximum Gasteiger partial charge on any atom is 0.242 e. The van der Waals surface area contributed by atoms with E-state index in [4.69, 9.17) is 0 Å². The quantitative estimate of drug-likeness (QED) is 0.687. The number of nitrogens with one attached hydrogen (secondary N) is 1. The third kappa shape index (κ3) is 4.12. The molecule has 0 spiro atoms. The molecule has 1 unspecified atom stereocenters. The molecule has 2 aliphatic rings. The van der Waals surface area contributed by atoms with Crippen LogP contribution >= 0.6 is 0 Å². The van der Waals surface area contributed by atoms with Crippen LogP contribution in [0.1, 0.15) is 17.5 Å². The third-order valence-electron chi connectivity index (χ3n) is 6.62. The molecule has 3 aromatic rings. The van der Waals surface area contributed by atoms with Crippen molar-refractivity contribution in [1.82, 2.24) is 19.7 Å². The van der Waals surface area contributed by atoms with Crippen LogP contribution in [0.5, 0.6) is 0 Å². The molecule has 1 aromatic heterocycles. The second-order valence-electron chi connectivity index (χ2n) is 8.67. The van der Waals surface area contributed by atoms with E-state index in [0.717, 1.165) is 41.5 Å². The zero-order valence-electron chi connectivity index (χ0n) is 18.0. The van der Waals surface area contributed by atoms with Crippen molar-refractivity contribution in [2.45, 2.75) is 25.4 Å². The van der Waals surface area contributed by atoms with E-state index in [0.29, 0.717) is 32.6 Å². The molecule has 1 N–H and O–H groups in total. The molecular weight excluding hydrogens is 407 g/mol. The van der Waals surface area contributed by atoms with Crippen LogP contribution in [0.4, 0.5) is 4.39 Å². The number of piperazine rings is 1. The molecule has 2 saturated heterocycles. The molecule has 2 fully saturated rings. The Morgan fingerprint density at radius 3 is 2.69 bits per heavy atom. The van der Waals surface area contributed by atoms with E-state index >= 15 is 0 Å². The summed E-state index contributed by atoms with van der Waals surface area (Å²) in [6, 6.07) is 13.9. The van der Waals surface area contributed by atoms with Crippen molar-refractivity contribution < 1.29 is 14.0 Å². The number of rotatable bonds is 4. The number of aromatic nitrogens is 1. The van der Waals surface area contributed by atoms with Crippen LogP contribution < -0.4 is 0 Å². The van der Waals surface area contributed by atoms with E-state index in [1.807, 2.05) is 40.3 Å². The summed E-state index contributed by atoms with van der Waals surface area (Å²) in [4.78, 5) is 35.6. The van der Waals surface area contributed by atoms with Gasteiger partial charge in [0, 0.05) is 56.4 Å². The third-order valence-corrected chi connectivity index (χ3v) is 6.62. The molecule has 2 aliphatic heterocycles. The van der Waals surface area contributed by atoms with E-state index in [1.165, 1.54) is 12.1 Å². The van der Waals surface area contributed by atoms with Gasteiger partial charge in [-0.1, -0.05) is 30.3 Å². The van der Waals surface area contributed by atoms with Crippen LogP contribution in [0, 0.1) is 5.82 Å². The van der Waals surface area contributed by atoms with Gasteiger partial charge in [-0.2, -0.15) is 0 Å². The van der Waals surface area contributed by atoms with E-state index in [9.17, 15) is 14.0 Å². The van der Waals surface area contributed by atoms with Gasteiger partial charge in [0.05, 0.1) is 6.42 Å². The Bertz CT molecular complexity index is 1130. The number of hydrogen-bond donors (Lipinski definition) is 1. The Labute approximate surface area is 186 Å². The van der Waals surface area contributed by atoms with Crippen LogP contribution in [0.25, 0.3) is 10.9 Å². The number of amides is 2. The van der Waals surface area contributed by atoms with Gasteiger partial charge in [-0.05, 0) is 35.7 Å². The first-order valence-corrected chi connectivity index (χ1v) is 11.2. The molecule has 0 saturated carbocycles. The van der Waals surface area contributed by atoms with Gasteiger partial charge < -0.3 is 14.8 Å². The number of para-hydroxylation sites is 1. The number of hydrogen-bond acceptors (Lipinski definition) is 3. The predicted molar refractivity (Wildman–Crippen MR) is 120 cm³/mol. The first-order chi connectivity index (χ1) is 15.6. The first kappa shape index (κ1) is 20.7. The number of aromatic amines is 1. The normalized spacial score (nSPS) is 19.8. The minimum absolute atomic E-state index is 0.0485. The molecule has 7 heteroatoms. The number of carbonyl (C=O) groups excluding carboxylic acids is 2. The number of carbonyl (C=O) groups is 2. The summed E-state index contributed by atoms with van der Waals surface area (Å²) < 4.78 is 13.2. The Hall–Kier alpha value is -3.19. The maximum atomic E-state index is 13.3. The summed E-state index contributed by atoms with van der Waals surface area (Å²) in [5.41, 5.74) is 2.92. The second-order valence-corrected chi connectivity index (χ2v) is 8.67. The number of benzene rings is 2. The van der Waals surface area contributed by atoms with Crippen LogP contribution in [0.15, 0.2) is 54.7 Å². The van der Waals surface area contributed by atoms with Crippen molar-refractivity contribution in [3.8, 4) is 0 Å². The zero-order chi connectivity index (χ0) is 22.1. The molecule has 3 heterocycles. The van der Waals surface area contributed by atoms with E-state index in [-0.39, 0.29) is 23.7 Å². The lowest BCUT2D eigenvalue weighted by atomic mass is 10.1. The molecule has 166 valence electrons. The Morgan fingerprint density at radius 1 is 1.03 bits per heavy atom. The fourth-order valence-electron chi connectivity index (χ4n) is 4.85. The highest BCUT2D eigenvalue weighted by atomic mass is 19.1. The van der Waals surface area contributed by atoms with E-state index in [1.54, 1.807) is 12.1 Å². The van der Waals surface area contributed by atoms with Crippen molar-refractivity contribution >= 4 is 22.7 Å². The van der Waals surface area contributed by atoms with Crippen LogP contribution in [0.3, 0.4) is 0 Å². The zero-order valence-corrected chi connectivity index (χ0v) is 18.0. The molecule has 1 atom stereocenters. The van der Waals surface area contributed by atoms with Gasteiger partial charge in [0.1, 0.15) is 11.9 Å². The molecule has 5 rings (SSSR count). The fraction of sp³-hybridized carbons (Fsp3) is 0.360. The standard InChI is InChI=1S/C25H27FN4O2/c26-20-8-6-18(7-9-20)16-30-13-12-28-10-3-11-29(17-23(28)25(30)32)24(31)14-19-15-27-22-5-2-1-4-21(19)22/h1-2,4-9,15,23,27H,3,10-14,16-17H2. The van der Waals surface area contributed by atoms with Crippen LogP contribution in [-0.4, -0.2) is 70.3 Å². The van der Waals surface area contributed by atoms with Crippen molar-refractivity contribution in [3.63, 3.8) is 0 Å². The highest BCUT2D eigenvalue weighted by Gasteiger charge is 2.38. The average molecular weight is 435 g/mol. The molecule has 2 amide bonds. The van der Waals surface area contributed by atoms with Gasteiger partial charge in [-0.25, -0.2) is 4.39 Å². The number of fused-ring (bicyclic) bond motifs is 2. The van der Waals surface area contributed by atoms with Crippen LogP contribution in [-0.2, 0) is 22.6 Å². The van der Waals surface area contributed by atoms with E-state index in [2.05, 4.69) is 9.88 Å². The van der Waals surface area contributed by atoms with Gasteiger partial charge in [0.15, 0.2) is 0 Å². The molecule has 32 heavy (non-hydrogen) atoms. The summed E-state index contributed by atoms with van der Waals surface area (Å²) >= 11 is 0. The molecule has 2 aromatic carbocycles. The minimum atomic E-state index is -0.321. The van der Waals surface area contributed by atoms with Crippen molar-refractivity contribution in [2.75, 3.05) is 32.7 Å². The lowest BCUT2D eigenvalue weighted by Crippen LogP contribution is -2.59. The fourth-order valence-corrected chi connectivity index (χ4v) is 4.85. The van der Waals surface area contributed by atoms with E-state index < -0.39 is 0 Å². The Balaban J connectivity index is 1.28. The lowest BCUT2D eigenvalue weighted by molar-refractivity contribution is -0.143. The molecule has 0 aliphatic carbocycles. The largest absolute Gasteiger partial charge is 0.361 e. The summed E-state index contributed by atoms with van der Waals surface area (Å²) in [6.07, 6.45) is 3.09. The summed E-state index contributed by atoms with van der Waals surface area (Å²) in [6.45, 7) is 3.81. The van der Waals surface area contributed by atoms with Crippen LogP contribution in [0.2, 0.25) is 0 Å². The highest BCUT2D eigenvalue weighted by Crippen LogP contribution is 2.22. The first-order valence-electron chi connectivity index (χ1n) is 11.2. The van der Waals surface area contributed by atoms with Gasteiger partial charge in [0.2, 0.25) is 11.8 Å². The smallest absolute Gasteiger partial charge is 0.242 e. The summed E-state index contributed by atoms with van der Waals surface area (Å²) in [5.74, 6) is -0.176. The topological polar surface area (TPSA) is 59.7 Å². The molecule has 0 bridgehead atoms. The predicted octanol–water partition coefficient (Wildman–Crippen LogP) is 2.79. The van der Waals surface area contributed by atoms with Crippen molar-refractivity contribution in [2.24, 2.45) is 0 Å². The molecule has 0 radical (unpaired) electrons. The van der Waals surface area contributed by atoms with Gasteiger partial charge >= 0.3 is 0 Å². The number of H-pyrrole nitrogens is 1. The second kappa shape index (κ2) is 8.74. The number of nitrogens with zero attached hydrogens (tertiary/aromatic N) is 3. The number of halogens is 1. The minimum Gasteiger partial charge on any atom is -0.361 e. The van der Waals surface area contributed by atoms with Gasteiger partial charge in [-0.15, -0.1) is 0 Å². The maximum absolute atomic E-state index is 13.3. The Morgan fingerprint density at radius 2 is 1.84 bits per heavy atom. The monoisotopic (exact) mass is 434 g/mol.